The smallest absolute Gasteiger partial charge is 0.331 e. The number of carbonyl (C=O) groups excluding carboxylic acids is 1. The predicted molar refractivity (Wildman–Crippen MR) is 120 cm³/mol. The first-order valence-corrected chi connectivity index (χ1v) is 13.2. The molecule has 3 nitrogen and oxygen atoms in total. The van der Waals surface area contributed by atoms with Gasteiger partial charge in [-0.25, -0.2) is 4.79 Å². The van der Waals surface area contributed by atoms with Crippen molar-refractivity contribution in [3.63, 3.8) is 0 Å². The highest BCUT2D eigenvalue weighted by Gasteiger charge is 2.60. The van der Waals surface area contributed by atoms with Gasteiger partial charge >= 0.3 is 5.97 Å². The Bertz CT molecular complexity index is 692. The van der Waals surface area contributed by atoms with Gasteiger partial charge in [-0.3, -0.25) is 0 Å². The molecule has 4 heteroatoms. The summed E-state index contributed by atoms with van der Waals surface area (Å²) in [5.41, 5.74) is 8.02. The molecule has 29 heavy (non-hydrogen) atoms. The summed E-state index contributed by atoms with van der Waals surface area (Å²) in [7, 11) is 0. The third-order valence-electron chi connectivity index (χ3n) is 10.2. The number of nitrogens with two attached hydrogens (primary N) is 1. The van der Waals surface area contributed by atoms with Crippen LogP contribution in [0.5, 0.6) is 0 Å². The second kappa shape index (κ2) is 7.58. The van der Waals surface area contributed by atoms with E-state index in [1.807, 2.05) is 6.08 Å². The van der Waals surface area contributed by atoms with Crippen molar-refractivity contribution in [1.82, 2.24) is 0 Å². The van der Waals surface area contributed by atoms with Crippen LogP contribution in [-0.4, -0.2) is 30.1 Å². The van der Waals surface area contributed by atoms with E-state index in [1.165, 1.54) is 63.4 Å². The molecule has 162 valence electrons. The van der Waals surface area contributed by atoms with E-state index in [9.17, 15) is 4.79 Å². The zero-order valence-corrected chi connectivity index (χ0v) is 19.1. The lowest BCUT2D eigenvalue weighted by Gasteiger charge is -2.61. The molecule has 0 amide bonds. The van der Waals surface area contributed by atoms with Crippen LogP contribution in [0, 0.1) is 40.4 Å². The monoisotopic (exact) mass is 417 g/mol. The summed E-state index contributed by atoms with van der Waals surface area (Å²) < 4.78 is 5.29. The number of thioether (sulfide) groups is 1. The summed E-state index contributed by atoms with van der Waals surface area (Å²) in [6, 6.07) is 0. The topological polar surface area (TPSA) is 52.3 Å². The fraction of sp³-hybridized carbons (Fsp3) is 0.880. The molecular formula is C25H39NO2S. The molecule has 0 bridgehead atoms. The normalized spacial score (nSPS) is 49.1. The Morgan fingerprint density at radius 1 is 1.07 bits per heavy atom. The second-order valence-corrected chi connectivity index (χ2v) is 12.6. The van der Waals surface area contributed by atoms with Crippen molar-refractivity contribution < 1.29 is 9.53 Å². The highest BCUT2D eigenvalue weighted by molar-refractivity contribution is 7.99. The number of hydrogen-bond donors (Lipinski definition) is 1. The standard InChI is InChI=1S/C25H39NO2S/c1-24-9-7-18(29-12-11-26)14-17(24)3-4-19-21-6-5-20(16-13-23(27)28-15-16)25(21,2)10-8-22(19)24/h13,17-22H,3-12,14-15,26H2,1-2H3/t17-,18-,19-,20+,21-,22-,24-,25+/m0/s1. The number of esters is 1. The Hall–Kier alpha value is -0.480. The van der Waals surface area contributed by atoms with Gasteiger partial charge in [-0.2, -0.15) is 11.8 Å². The Kier molecular flexibility index (Phi) is 5.34. The van der Waals surface area contributed by atoms with Crippen LogP contribution in [0.25, 0.3) is 0 Å². The lowest BCUT2D eigenvalue weighted by atomic mass is 9.44. The van der Waals surface area contributed by atoms with Crippen LogP contribution in [0.15, 0.2) is 11.6 Å². The molecular weight excluding hydrogens is 378 g/mol. The zero-order chi connectivity index (χ0) is 20.2. The number of carbonyl (C=O) groups is 1. The number of hydrogen-bond acceptors (Lipinski definition) is 4. The van der Waals surface area contributed by atoms with Gasteiger partial charge in [0.1, 0.15) is 6.61 Å². The summed E-state index contributed by atoms with van der Waals surface area (Å²) in [6.07, 6.45) is 14.4. The van der Waals surface area contributed by atoms with Gasteiger partial charge in [-0.1, -0.05) is 13.8 Å². The third kappa shape index (κ3) is 3.23. The molecule has 5 rings (SSSR count). The Labute approximate surface area is 181 Å². The average Bonchev–Trinajstić information content (AvgIpc) is 3.28. The third-order valence-corrected chi connectivity index (χ3v) is 11.6. The van der Waals surface area contributed by atoms with Crippen molar-refractivity contribution >= 4 is 17.7 Å². The summed E-state index contributed by atoms with van der Waals surface area (Å²) in [4.78, 5) is 11.7. The van der Waals surface area contributed by atoms with E-state index >= 15 is 0 Å². The quantitative estimate of drug-likeness (QED) is 0.640. The van der Waals surface area contributed by atoms with Crippen LogP contribution >= 0.6 is 11.8 Å². The highest BCUT2D eigenvalue weighted by atomic mass is 32.2. The molecule has 0 unspecified atom stereocenters. The van der Waals surface area contributed by atoms with Gasteiger partial charge in [-0.15, -0.1) is 0 Å². The second-order valence-electron chi connectivity index (χ2n) is 11.2. The lowest BCUT2D eigenvalue weighted by Crippen LogP contribution is -2.53. The van der Waals surface area contributed by atoms with Crippen LogP contribution in [0.1, 0.15) is 71.6 Å². The molecule has 4 saturated carbocycles. The molecule has 4 fully saturated rings. The summed E-state index contributed by atoms with van der Waals surface area (Å²) >= 11 is 2.14. The van der Waals surface area contributed by atoms with Gasteiger partial charge in [0.15, 0.2) is 0 Å². The number of rotatable bonds is 4. The maximum atomic E-state index is 11.7. The predicted octanol–water partition coefficient (Wildman–Crippen LogP) is 5.19. The van der Waals surface area contributed by atoms with E-state index in [2.05, 4.69) is 25.6 Å². The molecule has 0 radical (unpaired) electrons. The van der Waals surface area contributed by atoms with Crippen molar-refractivity contribution in [3.8, 4) is 0 Å². The Morgan fingerprint density at radius 2 is 1.86 bits per heavy atom. The van der Waals surface area contributed by atoms with Crippen LogP contribution in [0.3, 0.4) is 0 Å². The largest absolute Gasteiger partial charge is 0.458 e. The Morgan fingerprint density at radius 3 is 2.62 bits per heavy atom. The number of cyclic esters (lactones) is 1. The van der Waals surface area contributed by atoms with Crippen LogP contribution in [0.2, 0.25) is 0 Å². The van der Waals surface area contributed by atoms with Crippen molar-refractivity contribution in [2.45, 2.75) is 76.9 Å². The molecule has 0 aromatic heterocycles. The average molecular weight is 418 g/mol. The van der Waals surface area contributed by atoms with Crippen molar-refractivity contribution in [1.29, 1.82) is 0 Å². The molecule has 0 aromatic carbocycles. The summed E-state index contributed by atoms with van der Waals surface area (Å²) in [5, 5.41) is 0.852. The first-order chi connectivity index (χ1) is 14.0. The van der Waals surface area contributed by atoms with Crippen molar-refractivity contribution in [2.24, 2.45) is 46.2 Å². The molecule has 2 N–H and O–H groups in total. The molecule has 0 saturated heterocycles. The highest BCUT2D eigenvalue weighted by Crippen LogP contribution is 2.68. The molecule has 4 aliphatic carbocycles. The van der Waals surface area contributed by atoms with Gasteiger partial charge in [0.05, 0.1) is 0 Å². The minimum atomic E-state index is -0.113. The van der Waals surface area contributed by atoms with Gasteiger partial charge in [0.2, 0.25) is 0 Å². The maximum Gasteiger partial charge on any atom is 0.331 e. The molecule has 1 aliphatic heterocycles. The van der Waals surface area contributed by atoms with E-state index in [-0.39, 0.29) is 5.97 Å². The zero-order valence-electron chi connectivity index (χ0n) is 18.3. The first kappa shape index (κ1) is 20.4. The van der Waals surface area contributed by atoms with Crippen molar-refractivity contribution in [3.05, 3.63) is 11.6 Å². The maximum absolute atomic E-state index is 11.7. The van der Waals surface area contributed by atoms with E-state index in [4.69, 9.17) is 10.5 Å². The fourth-order valence-corrected chi connectivity index (χ4v) is 9.93. The fourth-order valence-electron chi connectivity index (χ4n) is 8.80. The van der Waals surface area contributed by atoms with Gasteiger partial charge in [0, 0.05) is 23.6 Å². The van der Waals surface area contributed by atoms with Crippen LogP contribution < -0.4 is 5.73 Å². The molecule has 0 aromatic rings. The van der Waals surface area contributed by atoms with E-state index in [0.717, 1.165) is 41.2 Å². The van der Waals surface area contributed by atoms with E-state index < -0.39 is 0 Å². The summed E-state index contributed by atoms with van der Waals surface area (Å²) in [5.74, 6) is 5.21. The minimum absolute atomic E-state index is 0.113. The molecule has 1 heterocycles. The van der Waals surface area contributed by atoms with Gasteiger partial charge < -0.3 is 10.5 Å². The molecule has 0 spiro atoms. The molecule has 8 atom stereocenters. The van der Waals surface area contributed by atoms with Crippen LogP contribution in [0.4, 0.5) is 0 Å². The van der Waals surface area contributed by atoms with Gasteiger partial charge in [-0.05, 0) is 104 Å². The number of ether oxygens (including phenoxy) is 1. The van der Waals surface area contributed by atoms with E-state index in [0.29, 0.717) is 23.4 Å². The van der Waals surface area contributed by atoms with Crippen LogP contribution in [-0.2, 0) is 9.53 Å². The lowest BCUT2D eigenvalue weighted by molar-refractivity contribution is -0.135. The minimum Gasteiger partial charge on any atom is -0.458 e. The Balaban J connectivity index is 1.33. The summed E-state index contributed by atoms with van der Waals surface area (Å²) in [6.45, 7) is 6.60. The van der Waals surface area contributed by atoms with Gasteiger partial charge in [0.25, 0.3) is 0 Å². The van der Waals surface area contributed by atoms with E-state index in [1.54, 1.807) is 0 Å². The number of fused-ring (bicyclic) bond motifs is 5. The molecule has 5 aliphatic rings. The SMILES string of the molecule is C[C@]12CC[C@H](SCCN)C[C@@H]1CC[C@@H]1[C@@H]2CC[C@]2(C)[C@@H](C3=CC(=O)OC3)CC[C@@H]12. The first-order valence-electron chi connectivity index (χ1n) is 12.1. The van der Waals surface area contributed by atoms with Crippen molar-refractivity contribution in [2.75, 3.05) is 18.9 Å².